The number of halogens is 1. The standard InChI is InChI=1S/C23H32N6O.HI/c1-3-25-23(27-13-12-26-22(30)20-9-7-11-24-17-20)28-18(2)19-8-6-10-21(16-19)29-14-4-5-15-29;/h6-11,16-18H,3-5,12-15H2,1-2H3,(H,26,30)(H2,25,27,28);1H. The summed E-state index contributed by atoms with van der Waals surface area (Å²) in [7, 11) is 0. The first-order chi connectivity index (χ1) is 14.7. The van der Waals surface area contributed by atoms with Gasteiger partial charge in [0.05, 0.1) is 18.2 Å². The lowest BCUT2D eigenvalue weighted by molar-refractivity contribution is 0.0954. The zero-order chi connectivity index (χ0) is 21.2. The van der Waals surface area contributed by atoms with E-state index in [1.54, 1.807) is 24.5 Å². The van der Waals surface area contributed by atoms with Crippen LogP contribution >= 0.6 is 24.0 Å². The Kier molecular flexibility index (Phi) is 10.6. The zero-order valence-electron chi connectivity index (χ0n) is 18.3. The van der Waals surface area contributed by atoms with Gasteiger partial charge in [-0.15, -0.1) is 24.0 Å². The number of nitrogens with one attached hydrogen (secondary N) is 3. The topological polar surface area (TPSA) is 81.6 Å². The molecule has 1 aromatic carbocycles. The third-order valence-electron chi connectivity index (χ3n) is 5.13. The van der Waals surface area contributed by atoms with Crippen molar-refractivity contribution in [1.82, 2.24) is 20.9 Å². The predicted octanol–water partition coefficient (Wildman–Crippen LogP) is 3.35. The van der Waals surface area contributed by atoms with E-state index in [4.69, 9.17) is 0 Å². The summed E-state index contributed by atoms with van der Waals surface area (Å²) in [5.41, 5.74) is 3.08. The van der Waals surface area contributed by atoms with E-state index in [1.165, 1.54) is 24.1 Å². The lowest BCUT2D eigenvalue weighted by Crippen LogP contribution is -2.39. The minimum atomic E-state index is -0.136. The number of carbonyl (C=O) groups is 1. The number of carbonyl (C=O) groups excluding carboxylic acids is 1. The second-order valence-electron chi connectivity index (χ2n) is 7.41. The lowest BCUT2D eigenvalue weighted by Gasteiger charge is -2.22. The molecule has 7 nitrogen and oxygen atoms in total. The normalized spacial score (nSPS) is 14.5. The molecule has 1 aliphatic heterocycles. The monoisotopic (exact) mass is 536 g/mol. The van der Waals surface area contributed by atoms with Crippen LogP contribution < -0.4 is 20.9 Å². The average Bonchev–Trinajstić information content (AvgIpc) is 3.32. The first kappa shape index (κ1) is 24.9. The van der Waals surface area contributed by atoms with E-state index in [0.717, 1.165) is 25.6 Å². The molecule has 1 atom stereocenters. The van der Waals surface area contributed by atoms with Gasteiger partial charge in [0.15, 0.2) is 5.96 Å². The molecule has 0 bridgehead atoms. The van der Waals surface area contributed by atoms with Crippen molar-refractivity contribution in [2.75, 3.05) is 37.6 Å². The van der Waals surface area contributed by atoms with Crippen LogP contribution in [0.25, 0.3) is 0 Å². The molecule has 1 unspecified atom stereocenters. The highest BCUT2D eigenvalue weighted by Gasteiger charge is 2.14. The van der Waals surface area contributed by atoms with Gasteiger partial charge in [0, 0.05) is 44.3 Å². The number of aliphatic imine (C=N–C) groups is 1. The molecule has 0 radical (unpaired) electrons. The van der Waals surface area contributed by atoms with Crippen molar-refractivity contribution in [3.8, 4) is 0 Å². The molecule has 0 spiro atoms. The Hall–Kier alpha value is -2.36. The highest BCUT2D eigenvalue weighted by molar-refractivity contribution is 14.0. The van der Waals surface area contributed by atoms with Crippen molar-refractivity contribution in [1.29, 1.82) is 0 Å². The minimum absolute atomic E-state index is 0. The second-order valence-corrected chi connectivity index (χ2v) is 7.41. The molecule has 1 fully saturated rings. The number of guanidine groups is 1. The van der Waals surface area contributed by atoms with E-state index in [2.05, 4.69) is 62.0 Å². The van der Waals surface area contributed by atoms with Crippen LogP contribution in [0.4, 0.5) is 5.69 Å². The van der Waals surface area contributed by atoms with Crippen LogP contribution in [-0.4, -0.2) is 49.6 Å². The molecular formula is C23H33IN6O. The summed E-state index contributed by atoms with van der Waals surface area (Å²) in [6, 6.07) is 12.3. The summed E-state index contributed by atoms with van der Waals surface area (Å²) in [6.07, 6.45) is 5.75. The number of anilines is 1. The van der Waals surface area contributed by atoms with Gasteiger partial charge in [0.25, 0.3) is 5.91 Å². The molecular weight excluding hydrogens is 503 g/mol. The van der Waals surface area contributed by atoms with Gasteiger partial charge in [-0.3, -0.25) is 14.8 Å². The number of nitrogens with zero attached hydrogens (tertiary/aromatic N) is 3. The van der Waals surface area contributed by atoms with Crippen LogP contribution in [-0.2, 0) is 0 Å². The summed E-state index contributed by atoms with van der Waals surface area (Å²) in [5.74, 6) is 0.607. The third kappa shape index (κ3) is 7.68. The molecule has 3 N–H and O–H groups in total. The maximum atomic E-state index is 12.1. The fourth-order valence-corrected chi connectivity index (χ4v) is 3.51. The smallest absolute Gasteiger partial charge is 0.252 e. The molecule has 2 aromatic rings. The number of benzene rings is 1. The van der Waals surface area contributed by atoms with Gasteiger partial charge in [-0.05, 0) is 56.5 Å². The van der Waals surface area contributed by atoms with E-state index in [9.17, 15) is 4.79 Å². The maximum absolute atomic E-state index is 12.1. The Morgan fingerprint density at radius 2 is 2.00 bits per heavy atom. The van der Waals surface area contributed by atoms with Gasteiger partial charge in [-0.25, -0.2) is 0 Å². The quantitative estimate of drug-likeness (QED) is 0.209. The Morgan fingerprint density at radius 1 is 1.19 bits per heavy atom. The molecule has 31 heavy (non-hydrogen) atoms. The fraction of sp³-hybridized carbons (Fsp3) is 0.435. The van der Waals surface area contributed by atoms with Crippen LogP contribution in [0.2, 0.25) is 0 Å². The summed E-state index contributed by atoms with van der Waals surface area (Å²) in [5, 5.41) is 9.62. The van der Waals surface area contributed by atoms with Crippen molar-refractivity contribution >= 4 is 41.5 Å². The largest absolute Gasteiger partial charge is 0.372 e. The van der Waals surface area contributed by atoms with E-state index in [-0.39, 0.29) is 35.9 Å². The van der Waals surface area contributed by atoms with Crippen molar-refractivity contribution in [2.24, 2.45) is 4.99 Å². The predicted molar refractivity (Wildman–Crippen MR) is 137 cm³/mol. The van der Waals surface area contributed by atoms with Crippen molar-refractivity contribution < 1.29 is 4.79 Å². The molecule has 1 amide bonds. The number of amides is 1. The van der Waals surface area contributed by atoms with Crippen LogP contribution in [0.3, 0.4) is 0 Å². The molecule has 8 heteroatoms. The lowest BCUT2D eigenvalue weighted by atomic mass is 10.1. The van der Waals surface area contributed by atoms with E-state index in [0.29, 0.717) is 18.7 Å². The summed E-state index contributed by atoms with van der Waals surface area (Å²) >= 11 is 0. The maximum Gasteiger partial charge on any atom is 0.252 e. The molecule has 3 rings (SSSR count). The SMILES string of the molecule is CCNC(=NCCNC(=O)c1cccnc1)NC(C)c1cccc(N2CCCC2)c1.I. The van der Waals surface area contributed by atoms with Crippen LogP contribution in [0.5, 0.6) is 0 Å². The highest BCUT2D eigenvalue weighted by atomic mass is 127. The summed E-state index contributed by atoms with van der Waals surface area (Å²) < 4.78 is 0. The van der Waals surface area contributed by atoms with Crippen LogP contribution in [0.15, 0.2) is 53.8 Å². The van der Waals surface area contributed by atoms with Gasteiger partial charge in [0.2, 0.25) is 0 Å². The average molecular weight is 536 g/mol. The van der Waals surface area contributed by atoms with E-state index in [1.807, 2.05) is 6.92 Å². The van der Waals surface area contributed by atoms with Crippen LogP contribution in [0, 0.1) is 0 Å². The van der Waals surface area contributed by atoms with Crippen molar-refractivity contribution in [3.63, 3.8) is 0 Å². The second kappa shape index (κ2) is 13.1. The molecule has 0 saturated carbocycles. The van der Waals surface area contributed by atoms with Crippen molar-refractivity contribution in [2.45, 2.75) is 32.7 Å². The number of pyridine rings is 1. The molecule has 1 aromatic heterocycles. The zero-order valence-corrected chi connectivity index (χ0v) is 20.6. The minimum Gasteiger partial charge on any atom is -0.372 e. The fourth-order valence-electron chi connectivity index (χ4n) is 3.51. The highest BCUT2D eigenvalue weighted by Crippen LogP contribution is 2.23. The number of hydrogen-bond acceptors (Lipinski definition) is 4. The third-order valence-corrected chi connectivity index (χ3v) is 5.13. The Morgan fingerprint density at radius 3 is 2.71 bits per heavy atom. The van der Waals surface area contributed by atoms with Gasteiger partial charge < -0.3 is 20.9 Å². The first-order valence-electron chi connectivity index (χ1n) is 10.8. The van der Waals surface area contributed by atoms with Crippen LogP contribution in [0.1, 0.15) is 48.7 Å². The number of aromatic nitrogens is 1. The Bertz CT molecular complexity index is 839. The van der Waals surface area contributed by atoms with Gasteiger partial charge >= 0.3 is 0 Å². The van der Waals surface area contributed by atoms with Gasteiger partial charge in [-0.1, -0.05) is 12.1 Å². The molecule has 1 aliphatic rings. The Balaban J connectivity index is 0.00000341. The summed E-state index contributed by atoms with van der Waals surface area (Å²) in [4.78, 5) is 23.1. The van der Waals surface area contributed by atoms with Gasteiger partial charge in [-0.2, -0.15) is 0 Å². The van der Waals surface area contributed by atoms with E-state index < -0.39 is 0 Å². The van der Waals surface area contributed by atoms with Crippen molar-refractivity contribution in [3.05, 3.63) is 59.9 Å². The van der Waals surface area contributed by atoms with E-state index >= 15 is 0 Å². The first-order valence-corrected chi connectivity index (χ1v) is 10.8. The number of rotatable bonds is 8. The molecule has 2 heterocycles. The van der Waals surface area contributed by atoms with Gasteiger partial charge in [0.1, 0.15) is 0 Å². The molecule has 1 saturated heterocycles. The Labute approximate surface area is 202 Å². The number of hydrogen-bond donors (Lipinski definition) is 3. The molecule has 0 aliphatic carbocycles. The molecule has 168 valence electrons. The summed E-state index contributed by atoms with van der Waals surface area (Å²) in [6.45, 7) is 8.18.